The number of rotatable bonds is 6. The van der Waals surface area contributed by atoms with Gasteiger partial charge >= 0.3 is 0 Å². The van der Waals surface area contributed by atoms with Gasteiger partial charge in [-0.25, -0.2) is 0 Å². The fraction of sp³-hybridized carbons (Fsp3) is 0.500. The van der Waals surface area contributed by atoms with Crippen LogP contribution in [0.25, 0.3) is 0 Å². The van der Waals surface area contributed by atoms with E-state index in [2.05, 4.69) is 5.32 Å². The molecule has 0 heterocycles. The SMILES string of the molecule is COC[C@@](C)(O)CNC(=O)Cc1cccc(C)c1. The zero-order valence-electron chi connectivity index (χ0n) is 11.2. The predicted molar refractivity (Wildman–Crippen MR) is 70.4 cm³/mol. The number of aryl methyl sites for hydroxylation is 1. The summed E-state index contributed by atoms with van der Waals surface area (Å²) in [5.74, 6) is -0.100. The van der Waals surface area contributed by atoms with Crippen LogP contribution in [0.5, 0.6) is 0 Å². The summed E-state index contributed by atoms with van der Waals surface area (Å²) in [6, 6.07) is 7.82. The smallest absolute Gasteiger partial charge is 0.224 e. The molecule has 0 aliphatic carbocycles. The van der Waals surface area contributed by atoms with Crippen LogP contribution in [-0.4, -0.2) is 36.9 Å². The molecular formula is C14H21NO3. The van der Waals surface area contributed by atoms with Crippen LogP contribution >= 0.6 is 0 Å². The Morgan fingerprint density at radius 3 is 2.83 bits per heavy atom. The summed E-state index contributed by atoms with van der Waals surface area (Å²) < 4.78 is 4.87. The molecule has 0 spiro atoms. The molecule has 0 saturated carbocycles. The number of carbonyl (C=O) groups excluding carboxylic acids is 1. The van der Waals surface area contributed by atoms with Gasteiger partial charge in [0.05, 0.1) is 13.0 Å². The Labute approximate surface area is 108 Å². The summed E-state index contributed by atoms with van der Waals surface area (Å²) in [7, 11) is 1.52. The van der Waals surface area contributed by atoms with Crippen LogP contribution in [-0.2, 0) is 16.0 Å². The number of hydrogen-bond donors (Lipinski definition) is 2. The lowest BCUT2D eigenvalue weighted by atomic mass is 10.1. The second kappa shape index (κ2) is 6.52. The van der Waals surface area contributed by atoms with Gasteiger partial charge in [0.2, 0.25) is 5.91 Å². The van der Waals surface area contributed by atoms with Crippen LogP contribution in [0, 0.1) is 6.92 Å². The molecule has 0 unspecified atom stereocenters. The molecule has 1 atom stereocenters. The number of benzene rings is 1. The lowest BCUT2D eigenvalue weighted by molar-refractivity contribution is -0.122. The first kappa shape index (κ1) is 14.7. The molecule has 0 aliphatic heterocycles. The van der Waals surface area contributed by atoms with Gasteiger partial charge in [-0.2, -0.15) is 0 Å². The van der Waals surface area contributed by atoms with Crippen LogP contribution in [0.3, 0.4) is 0 Å². The first-order chi connectivity index (χ1) is 8.43. The Bertz CT molecular complexity index is 402. The zero-order valence-corrected chi connectivity index (χ0v) is 11.2. The van der Waals surface area contributed by atoms with Gasteiger partial charge in [0.15, 0.2) is 0 Å². The monoisotopic (exact) mass is 251 g/mol. The van der Waals surface area contributed by atoms with Gasteiger partial charge < -0.3 is 15.2 Å². The average Bonchev–Trinajstić information content (AvgIpc) is 2.26. The second-order valence-corrected chi connectivity index (χ2v) is 4.87. The maximum Gasteiger partial charge on any atom is 0.224 e. The van der Waals surface area contributed by atoms with Gasteiger partial charge in [-0.1, -0.05) is 29.8 Å². The molecule has 2 N–H and O–H groups in total. The molecule has 0 fully saturated rings. The van der Waals surface area contributed by atoms with Gasteiger partial charge in [0.1, 0.15) is 5.60 Å². The number of carbonyl (C=O) groups is 1. The number of ether oxygens (including phenoxy) is 1. The van der Waals surface area contributed by atoms with E-state index < -0.39 is 5.60 Å². The van der Waals surface area contributed by atoms with Gasteiger partial charge in [0, 0.05) is 13.7 Å². The highest BCUT2D eigenvalue weighted by molar-refractivity contribution is 5.78. The van der Waals surface area contributed by atoms with Crippen molar-refractivity contribution in [2.75, 3.05) is 20.3 Å². The molecule has 4 heteroatoms. The van der Waals surface area contributed by atoms with Crippen molar-refractivity contribution in [1.29, 1.82) is 0 Å². The van der Waals surface area contributed by atoms with Crippen molar-refractivity contribution >= 4 is 5.91 Å². The van der Waals surface area contributed by atoms with E-state index in [0.717, 1.165) is 11.1 Å². The third-order valence-electron chi connectivity index (χ3n) is 2.57. The van der Waals surface area contributed by atoms with Gasteiger partial charge in [-0.3, -0.25) is 4.79 Å². The summed E-state index contributed by atoms with van der Waals surface area (Å²) in [5.41, 5.74) is 1.07. The van der Waals surface area contributed by atoms with Crippen molar-refractivity contribution in [2.45, 2.75) is 25.9 Å². The molecule has 0 saturated heterocycles. The largest absolute Gasteiger partial charge is 0.386 e. The number of amides is 1. The Kier molecular flexibility index (Phi) is 5.31. The molecule has 1 rings (SSSR count). The summed E-state index contributed by atoms with van der Waals surface area (Å²) in [6.07, 6.45) is 0.324. The number of nitrogens with one attached hydrogen (secondary N) is 1. The Morgan fingerprint density at radius 2 is 2.22 bits per heavy atom. The van der Waals surface area contributed by atoms with E-state index in [1.807, 2.05) is 31.2 Å². The lowest BCUT2D eigenvalue weighted by Crippen LogP contribution is -2.44. The third-order valence-corrected chi connectivity index (χ3v) is 2.57. The van der Waals surface area contributed by atoms with E-state index in [1.165, 1.54) is 7.11 Å². The molecule has 4 nitrogen and oxygen atoms in total. The number of aliphatic hydroxyl groups is 1. The topological polar surface area (TPSA) is 58.6 Å². The van der Waals surface area contributed by atoms with E-state index in [9.17, 15) is 9.90 Å². The maximum absolute atomic E-state index is 11.7. The summed E-state index contributed by atoms with van der Waals surface area (Å²) in [4.78, 5) is 11.7. The predicted octanol–water partition coefficient (Wildman–Crippen LogP) is 1.05. The summed E-state index contributed by atoms with van der Waals surface area (Å²) >= 11 is 0. The molecule has 1 aromatic rings. The van der Waals surface area contributed by atoms with Crippen molar-refractivity contribution in [3.8, 4) is 0 Å². The lowest BCUT2D eigenvalue weighted by Gasteiger charge is -2.22. The van der Waals surface area contributed by atoms with Crippen LogP contribution in [0.15, 0.2) is 24.3 Å². The fourth-order valence-electron chi connectivity index (χ4n) is 1.72. The first-order valence-corrected chi connectivity index (χ1v) is 5.96. The molecule has 0 bridgehead atoms. The molecule has 1 aromatic carbocycles. The molecule has 0 aliphatic rings. The minimum Gasteiger partial charge on any atom is -0.386 e. The third kappa shape index (κ3) is 5.29. The normalized spacial score (nSPS) is 14.0. The van der Waals surface area contributed by atoms with Gasteiger partial charge in [-0.05, 0) is 19.4 Å². The maximum atomic E-state index is 11.7. The minimum atomic E-state index is -1.03. The second-order valence-electron chi connectivity index (χ2n) is 4.87. The van der Waals surface area contributed by atoms with Crippen LogP contribution in [0.2, 0.25) is 0 Å². The molecular weight excluding hydrogens is 230 g/mol. The van der Waals surface area contributed by atoms with Crippen LogP contribution < -0.4 is 5.32 Å². The van der Waals surface area contributed by atoms with Crippen LogP contribution in [0.1, 0.15) is 18.1 Å². The fourth-order valence-corrected chi connectivity index (χ4v) is 1.72. The average molecular weight is 251 g/mol. The van der Waals surface area contributed by atoms with E-state index in [1.54, 1.807) is 6.92 Å². The van der Waals surface area contributed by atoms with E-state index in [-0.39, 0.29) is 19.1 Å². The Balaban J connectivity index is 2.43. The van der Waals surface area contributed by atoms with Crippen molar-refractivity contribution in [3.05, 3.63) is 35.4 Å². The minimum absolute atomic E-state index is 0.100. The zero-order chi connectivity index (χ0) is 13.6. The molecule has 0 aromatic heterocycles. The van der Waals surface area contributed by atoms with E-state index in [0.29, 0.717) is 6.42 Å². The number of methoxy groups -OCH3 is 1. The molecule has 100 valence electrons. The molecule has 0 radical (unpaired) electrons. The standard InChI is InChI=1S/C14H21NO3/c1-11-5-4-6-12(7-11)8-13(16)15-9-14(2,17)10-18-3/h4-7,17H,8-10H2,1-3H3,(H,15,16)/t14-/m0/s1. The van der Waals surface area contributed by atoms with Crippen molar-refractivity contribution in [3.63, 3.8) is 0 Å². The van der Waals surface area contributed by atoms with Crippen molar-refractivity contribution in [1.82, 2.24) is 5.32 Å². The quantitative estimate of drug-likeness (QED) is 0.794. The Hall–Kier alpha value is -1.39. The Morgan fingerprint density at radius 1 is 1.50 bits per heavy atom. The van der Waals surface area contributed by atoms with E-state index in [4.69, 9.17) is 4.74 Å². The highest BCUT2D eigenvalue weighted by atomic mass is 16.5. The highest BCUT2D eigenvalue weighted by Crippen LogP contribution is 2.05. The number of hydrogen-bond acceptors (Lipinski definition) is 3. The molecule has 18 heavy (non-hydrogen) atoms. The molecule has 1 amide bonds. The highest BCUT2D eigenvalue weighted by Gasteiger charge is 2.20. The van der Waals surface area contributed by atoms with Gasteiger partial charge in [-0.15, -0.1) is 0 Å². The van der Waals surface area contributed by atoms with Gasteiger partial charge in [0.25, 0.3) is 0 Å². The van der Waals surface area contributed by atoms with E-state index >= 15 is 0 Å². The summed E-state index contributed by atoms with van der Waals surface area (Å²) in [5, 5.41) is 12.5. The first-order valence-electron chi connectivity index (χ1n) is 5.96. The van der Waals surface area contributed by atoms with Crippen molar-refractivity contribution in [2.24, 2.45) is 0 Å². The summed E-state index contributed by atoms with van der Waals surface area (Å²) in [6.45, 7) is 4.00. The van der Waals surface area contributed by atoms with Crippen molar-refractivity contribution < 1.29 is 14.6 Å². The van der Waals surface area contributed by atoms with Crippen LogP contribution in [0.4, 0.5) is 0 Å².